The molecule has 1 fully saturated rings. The van der Waals surface area contributed by atoms with Gasteiger partial charge in [0.25, 0.3) is 0 Å². The summed E-state index contributed by atoms with van der Waals surface area (Å²) in [6, 6.07) is 0.264. The van der Waals surface area contributed by atoms with Crippen LogP contribution in [0.1, 0.15) is 20.3 Å². The lowest BCUT2D eigenvalue weighted by molar-refractivity contribution is 0.0234. The van der Waals surface area contributed by atoms with E-state index in [1.165, 1.54) is 0 Å². The van der Waals surface area contributed by atoms with Crippen molar-refractivity contribution in [3.8, 4) is 0 Å². The quantitative estimate of drug-likeness (QED) is 0.643. The van der Waals surface area contributed by atoms with Crippen LogP contribution in [0.3, 0.4) is 0 Å². The van der Waals surface area contributed by atoms with Gasteiger partial charge >= 0.3 is 0 Å². The summed E-state index contributed by atoms with van der Waals surface area (Å²) in [6.45, 7) is 5.26. The topological polar surface area (TPSA) is 12.5 Å². The molecule has 0 spiro atoms. The molecule has 0 aromatic heterocycles. The smallest absolute Gasteiger partial charge is 0.114 e. The Morgan fingerprint density at radius 1 is 1.67 bits per heavy atom. The van der Waals surface area contributed by atoms with Gasteiger partial charge in [-0.2, -0.15) is 0 Å². The van der Waals surface area contributed by atoms with E-state index in [4.69, 9.17) is 4.74 Å². The van der Waals surface area contributed by atoms with Gasteiger partial charge in [-0.05, 0) is 27.3 Å². The average Bonchev–Trinajstić information content (AvgIpc) is 2.30. The number of ether oxygens (including phenoxy) is 1. The van der Waals surface area contributed by atoms with Crippen LogP contribution in [-0.2, 0) is 4.74 Å². The van der Waals surface area contributed by atoms with Crippen molar-refractivity contribution in [3.63, 3.8) is 0 Å². The third kappa shape index (κ3) is 2.17. The fraction of sp³-hybridized carbons (Fsp3) is 1.00. The van der Waals surface area contributed by atoms with Crippen molar-refractivity contribution in [1.29, 1.82) is 0 Å². The molecule has 0 radical (unpaired) electrons. The highest BCUT2D eigenvalue weighted by Gasteiger charge is 2.33. The Kier molecular flexibility index (Phi) is 3.47. The Morgan fingerprint density at radius 2 is 2.33 bits per heavy atom. The van der Waals surface area contributed by atoms with Gasteiger partial charge < -0.3 is 4.74 Å². The summed E-state index contributed by atoms with van der Waals surface area (Å²) in [6.07, 6.45) is 0.112. The van der Waals surface area contributed by atoms with Crippen LogP contribution < -0.4 is 0 Å². The minimum absolute atomic E-state index is 0.153. The number of alkyl halides is 1. The van der Waals surface area contributed by atoms with Gasteiger partial charge in [-0.3, -0.25) is 4.90 Å². The van der Waals surface area contributed by atoms with Gasteiger partial charge in [0.2, 0.25) is 0 Å². The maximum absolute atomic E-state index is 12.9. The number of likely N-dealkylation sites (N-methyl/N-ethyl adjacent to an activating group) is 1. The van der Waals surface area contributed by atoms with Crippen molar-refractivity contribution in [3.05, 3.63) is 0 Å². The molecule has 72 valence electrons. The minimum Gasteiger partial charge on any atom is -0.377 e. The summed E-state index contributed by atoms with van der Waals surface area (Å²) in [4.78, 5) is 2.05. The number of hydrogen-bond donors (Lipinski definition) is 0. The second-order valence-corrected chi connectivity index (χ2v) is 3.50. The predicted octanol–water partition coefficient (Wildman–Crippen LogP) is 1.45. The molecule has 0 bridgehead atoms. The van der Waals surface area contributed by atoms with E-state index in [9.17, 15) is 4.39 Å². The molecule has 3 unspecified atom stereocenters. The lowest BCUT2D eigenvalue weighted by atomic mass is 10.1. The second-order valence-electron chi connectivity index (χ2n) is 3.50. The van der Waals surface area contributed by atoms with E-state index in [1.54, 1.807) is 0 Å². The van der Waals surface area contributed by atoms with Crippen molar-refractivity contribution < 1.29 is 9.13 Å². The molecule has 1 heterocycles. The molecule has 0 N–H and O–H groups in total. The third-order valence-corrected chi connectivity index (χ3v) is 2.52. The summed E-state index contributed by atoms with van der Waals surface area (Å²) in [5, 5.41) is 0. The van der Waals surface area contributed by atoms with Gasteiger partial charge in [-0.1, -0.05) is 0 Å². The molecule has 1 aliphatic rings. The molecule has 1 rings (SSSR count). The number of likely N-dealkylation sites (tertiary alicyclic amines) is 1. The SMILES string of the molecule is CCOC(C)C1CC(F)CN1C. The average molecular weight is 175 g/mol. The Bertz CT molecular complexity index is 142. The maximum Gasteiger partial charge on any atom is 0.114 e. The van der Waals surface area contributed by atoms with E-state index in [-0.39, 0.29) is 12.1 Å². The van der Waals surface area contributed by atoms with Crippen LogP contribution in [-0.4, -0.2) is 43.4 Å². The Morgan fingerprint density at radius 3 is 2.75 bits per heavy atom. The Balaban J connectivity index is 2.40. The second kappa shape index (κ2) is 4.19. The van der Waals surface area contributed by atoms with Crippen molar-refractivity contribution >= 4 is 0 Å². The monoisotopic (exact) mass is 175 g/mol. The Hall–Kier alpha value is -0.150. The molecule has 1 saturated heterocycles. The van der Waals surface area contributed by atoms with Gasteiger partial charge in [-0.25, -0.2) is 4.39 Å². The lowest BCUT2D eigenvalue weighted by Crippen LogP contribution is -2.36. The van der Waals surface area contributed by atoms with Crippen molar-refractivity contribution in [2.24, 2.45) is 0 Å². The molecule has 0 aromatic rings. The normalized spacial score (nSPS) is 34.0. The summed E-state index contributed by atoms with van der Waals surface area (Å²) < 4.78 is 18.4. The van der Waals surface area contributed by atoms with Crippen LogP contribution in [0.2, 0.25) is 0 Å². The molecule has 0 saturated carbocycles. The van der Waals surface area contributed by atoms with E-state index in [1.807, 2.05) is 25.8 Å². The van der Waals surface area contributed by atoms with Gasteiger partial charge in [0.15, 0.2) is 0 Å². The number of hydrogen-bond acceptors (Lipinski definition) is 2. The standard InChI is InChI=1S/C9H18FNO/c1-4-12-7(2)9-5-8(10)6-11(9)3/h7-9H,4-6H2,1-3H3. The van der Waals surface area contributed by atoms with Crippen LogP contribution in [0.5, 0.6) is 0 Å². The first-order valence-electron chi connectivity index (χ1n) is 4.61. The van der Waals surface area contributed by atoms with Crippen LogP contribution in [0.15, 0.2) is 0 Å². The summed E-state index contributed by atoms with van der Waals surface area (Å²) >= 11 is 0. The zero-order valence-corrected chi connectivity index (χ0v) is 8.09. The fourth-order valence-corrected chi connectivity index (χ4v) is 1.89. The largest absolute Gasteiger partial charge is 0.377 e. The molecule has 0 aromatic carbocycles. The van der Waals surface area contributed by atoms with Crippen molar-refractivity contribution in [1.82, 2.24) is 4.90 Å². The van der Waals surface area contributed by atoms with Crippen LogP contribution in [0, 0.1) is 0 Å². The molecule has 3 heteroatoms. The Labute approximate surface area is 73.7 Å². The van der Waals surface area contributed by atoms with E-state index in [0.29, 0.717) is 19.6 Å². The van der Waals surface area contributed by atoms with E-state index >= 15 is 0 Å². The van der Waals surface area contributed by atoms with Crippen molar-refractivity contribution in [2.75, 3.05) is 20.2 Å². The predicted molar refractivity (Wildman–Crippen MR) is 47.0 cm³/mol. The van der Waals surface area contributed by atoms with Gasteiger partial charge in [0.1, 0.15) is 6.17 Å². The molecule has 2 nitrogen and oxygen atoms in total. The third-order valence-electron chi connectivity index (χ3n) is 2.52. The molecule has 0 amide bonds. The zero-order valence-electron chi connectivity index (χ0n) is 8.09. The number of nitrogens with zero attached hydrogens (tertiary/aromatic N) is 1. The minimum atomic E-state index is -0.664. The highest BCUT2D eigenvalue weighted by molar-refractivity contribution is 4.86. The lowest BCUT2D eigenvalue weighted by Gasteiger charge is -2.25. The molecule has 1 aliphatic heterocycles. The van der Waals surface area contributed by atoms with Crippen LogP contribution >= 0.6 is 0 Å². The van der Waals surface area contributed by atoms with E-state index < -0.39 is 6.17 Å². The maximum atomic E-state index is 12.9. The first-order chi connectivity index (χ1) is 5.65. The van der Waals surface area contributed by atoms with E-state index in [2.05, 4.69) is 0 Å². The van der Waals surface area contributed by atoms with Gasteiger partial charge in [0.05, 0.1) is 6.10 Å². The van der Waals surface area contributed by atoms with Gasteiger partial charge in [-0.15, -0.1) is 0 Å². The summed E-state index contributed by atoms with van der Waals surface area (Å²) in [5.41, 5.74) is 0. The number of halogens is 1. The summed E-state index contributed by atoms with van der Waals surface area (Å²) in [5.74, 6) is 0. The molecule has 12 heavy (non-hydrogen) atoms. The zero-order chi connectivity index (χ0) is 9.14. The fourth-order valence-electron chi connectivity index (χ4n) is 1.89. The molecular weight excluding hydrogens is 157 g/mol. The first-order valence-corrected chi connectivity index (χ1v) is 4.61. The molecule has 0 aliphatic carbocycles. The first kappa shape index (κ1) is 9.93. The molecular formula is C9H18FNO. The van der Waals surface area contributed by atoms with Crippen molar-refractivity contribution in [2.45, 2.75) is 38.6 Å². The van der Waals surface area contributed by atoms with Crippen LogP contribution in [0.4, 0.5) is 4.39 Å². The number of rotatable bonds is 3. The highest BCUT2D eigenvalue weighted by Crippen LogP contribution is 2.22. The highest BCUT2D eigenvalue weighted by atomic mass is 19.1. The van der Waals surface area contributed by atoms with Gasteiger partial charge in [0, 0.05) is 19.2 Å². The van der Waals surface area contributed by atoms with E-state index in [0.717, 1.165) is 0 Å². The summed E-state index contributed by atoms with van der Waals surface area (Å²) in [7, 11) is 1.96. The van der Waals surface area contributed by atoms with Crippen LogP contribution in [0.25, 0.3) is 0 Å². The molecule has 3 atom stereocenters.